The van der Waals surface area contributed by atoms with Gasteiger partial charge in [-0.3, -0.25) is 0 Å². The molecule has 0 heterocycles. The van der Waals surface area contributed by atoms with Gasteiger partial charge in [-0.2, -0.15) is 0 Å². The lowest BCUT2D eigenvalue weighted by Gasteiger charge is -2.16. The Hall–Kier alpha value is -0.970. The van der Waals surface area contributed by atoms with E-state index in [4.69, 9.17) is 21.1 Å². The molecule has 0 aliphatic rings. The van der Waals surface area contributed by atoms with Crippen molar-refractivity contribution in [1.82, 2.24) is 5.32 Å². The third-order valence-corrected chi connectivity index (χ3v) is 2.56. The number of benzene rings is 1. The van der Waals surface area contributed by atoms with Gasteiger partial charge in [0, 0.05) is 18.2 Å². The minimum atomic E-state index is -0.664. The molecule has 1 aromatic rings. The number of rotatable bonds is 5. The summed E-state index contributed by atoms with van der Waals surface area (Å²) < 4.78 is 10.3. The molecule has 90 valence electrons. The summed E-state index contributed by atoms with van der Waals surface area (Å²) in [6.45, 7) is 0.430. The number of aliphatic hydroxyl groups is 1. The van der Waals surface area contributed by atoms with Gasteiger partial charge in [0.05, 0.1) is 25.3 Å². The zero-order valence-corrected chi connectivity index (χ0v) is 10.3. The Bertz CT molecular complexity index is 357. The minimum absolute atomic E-state index is 0.430. The molecule has 1 aromatic carbocycles. The van der Waals surface area contributed by atoms with Crippen LogP contribution >= 0.6 is 11.6 Å². The molecular weight excluding hydrogens is 230 g/mol. The van der Waals surface area contributed by atoms with Gasteiger partial charge < -0.3 is 19.9 Å². The molecule has 0 aromatic heterocycles. The summed E-state index contributed by atoms with van der Waals surface area (Å²) in [5.74, 6) is 1.09. The van der Waals surface area contributed by atoms with E-state index in [0.717, 1.165) is 0 Å². The van der Waals surface area contributed by atoms with Crippen LogP contribution in [-0.4, -0.2) is 32.9 Å². The van der Waals surface area contributed by atoms with Gasteiger partial charge >= 0.3 is 0 Å². The second-order valence-corrected chi connectivity index (χ2v) is 3.71. The molecule has 1 unspecified atom stereocenters. The lowest BCUT2D eigenvalue weighted by atomic mass is 10.1. The predicted molar refractivity (Wildman–Crippen MR) is 63.4 cm³/mol. The Balaban J connectivity index is 3.12. The van der Waals surface area contributed by atoms with Crippen molar-refractivity contribution in [2.24, 2.45) is 0 Å². The zero-order valence-electron chi connectivity index (χ0n) is 9.58. The molecule has 0 radical (unpaired) electrons. The maximum absolute atomic E-state index is 9.88. The molecule has 0 fully saturated rings. The molecule has 16 heavy (non-hydrogen) atoms. The highest BCUT2D eigenvalue weighted by Crippen LogP contribution is 2.35. The SMILES string of the molecule is CNCC(O)c1cc(Cl)c(OC)cc1OC. The van der Waals surface area contributed by atoms with Crippen LogP contribution in [0.3, 0.4) is 0 Å². The summed E-state index contributed by atoms with van der Waals surface area (Å²) in [6.07, 6.45) is -0.664. The molecule has 0 saturated carbocycles. The second kappa shape index (κ2) is 5.94. The van der Waals surface area contributed by atoms with Gasteiger partial charge in [-0.25, -0.2) is 0 Å². The first-order valence-corrected chi connectivity index (χ1v) is 5.26. The number of nitrogens with one attached hydrogen (secondary N) is 1. The largest absolute Gasteiger partial charge is 0.496 e. The Morgan fingerprint density at radius 3 is 2.44 bits per heavy atom. The van der Waals surface area contributed by atoms with E-state index in [1.165, 1.54) is 14.2 Å². The number of ether oxygens (including phenoxy) is 2. The van der Waals surface area contributed by atoms with Crippen LogP contribution in [0, 0.1) is 0 Å². The lowest BCUT2D eigenvalue weighted by molar-refractivity contribution is 0.173. The molecule has 0 aliphatic heterocycles. The first-order valence-electron chi connectivity index (χ1n) is 4.88. The lowest BCUT2D eigenvalue weighted by Crippen LogP contribution is -2.17. The molecular formula is C11H16ClNO3. The number of aliphatic hydroxyl groups excluding tert-OH is 1. The second-order valence-electron chi connectivity index (χ2n) is 3.30. The molecule has 5 heteroatoms. The first-order chi connectivity index (χ1) is 7.63. The van der Waals surface area contributed by atoms with E-state index in [1.807, 2.05) is 0 Å². The molecule has 0 bridgehead atoms. The first kappa shape index (κ1) is 13.1. The molecule has 0 aliphatic carbocycles. The highest BCUT2D eigenvalue weighted by molar-refractivity contribution is 6.32. The van der Waals surface area contributed by atoms with E-state index in [9.17, 15) is 5.11 Å². The fourth-order valence-corrected chi connectivity index (χ4v) is 1.70. The molecule has 0 amide bonds. The van der Waals surface area contributed by atoms with Crippen molar-refractivity contribution in [3.05, 3.63) is 22.7 Å². The molecule has 1 atom stereocenters. The standard InChI is InChI=1S/C11H16ClNO3/c1-13-6-9(14)7-4-8(12)11(16-3)5-10(7)15-2/h4-5,9,13-14H,6H2,1-3H3. The summed E-state index contributed by atoms with van der Waals surface area (Å²) >= 11 is 5.99. The van der Waals surface area contributed by atoms with Crippen LogP contribution in [0.15, 0.2) is 12.1 Å². The highest BCUT2D eigenvalue weighted by Gasteiger charge is 2.16. The Labute approximate surface area is 100 Å². The summed E-state index contributed by atoms with van der Waals surface area (Å²) in [4.78, 5) is 0. The van der Waals surface area contributed by atoms with Crippen molar-refractivity contribution in [2.75, 3.05) is 27.8 Å². The van der Waals surface area contributed by atoms with Crippen molar-refractivity contribution in [2.45, 2.75) is 6.10 Å². The van der Waals surface area contributed by atoms with Gasteiger partial charge in [-0.1, -0.05) is 11.6 Å². The maximum atomic E-state index is 9.88. The molecule has 1 rings (SSSR count). The average molecular weight is 246 g/mol. The fraction of sp³-hybridized carbons (Fsp3) is 0.455. The number of methoxy groups -OCH3 is 2. The van der Waals surface area contributed by atoms with E-state index >= 15 is 0 Å². The summed E-state index contributed by atoms with van der Waals surface area (Å²) in [5.41, 5.74) is 0.641. The number of likely N-dealkylation sites (N-methyl/N-ethyl adjacent to an activating group) is 1. The third-order valence-electron chi connectivity index (χ3n) is 2.26. The maximum Gasteiger partial charge on any atom is 0.141 e. The van der Waals surface area contributed by atoms with Crippen molar-refractivity contribution >= 4 is 11.6 Å². The molecule has 0 saturated heterocycles. The Kier molecular flexibility index (Phi) is 4.86. The van der Waals surface area contributed by atoms with Crippen molar-refractivity contribution in [1.29, 1.82) is 0 Å². The van der Waals surface area contributed by atoms with Crippen LogP contribution in [0.2, 0.25) is 5.02 Å². The molecule has 2 N–H and O–H groups in total. The topological polar surface area (TPSA) is 50.7 Å². The Morgan fingerprint density at radius 2 is 1.94 bits per heavy atom. The number of halogens is 1. The van der Waals surface area contributed by atoms with Crippen LogP contribution in [0.1, 0.15) is 11.7 Å². The van der Waals surface area contributed by atoms with Crippen LogP contribution in [0.25, 0.3) is 0 Å². The molecule has 0 spiro atoms. The average Bonchev–Trinajstić information content (AvgIpc) is 2.29. The van der Waals surface area contributed by atoms with Crippen molar-refractivity contribution in [3.63, 3.8) is 0 Å². The molecule has 4 nitrogen and oxygen atoms in total. The minimum Gasteiger partial charge on any atom is -0.496 e. The number of hydrogen-bond donors (Lipinski definition) is 2. The van der Waals surface area contributed by atoms with Gasteiger partial charge in [0.2, 0.25) is 0 Å². The van der Waals surface area contributed by atoms with Crippen LogP contribution < -0.4 is 14.8 Å². The monoisotopic (exact) mass is 245 g/mol. The number of hydrogen-bond acceptors (Lipinski definition) is 4. The van der Waals surface area contributed by atoms with E-state index in [-0.39, 0.29) is 0 Å². The van der Waals surface area contributed by atoms with Gasteiger partial charge in [-0.15, -0.1) is 0 Å². The van der Waals surface area contributed by atoms with Gasteiger partial charge in [0.25, 0.3) is 0 Å². The third kappa shape index (κ3) is 2.78. The van der Waals surface area contributed by atoms with Crippen molar-refractivity contribution < 1.29 is 14.6 Å². The van der Waals surface area contributed by atoms with Crippen molar-refractivity contribution in [3.8, 4) is 11.5 Å². The fourth-order valence-electron chi connectivity index (χ4n) is 1.45. The van der Waals surface area contributed by atoms with Gasteiger partial charge in [0.1, 0.15) is 11.5 Å². The normalized spacial score (nSPS) is 12.3. The van der Waals surface area contributed by atoms with E-state index in [2.05, 4.69) is 5.32 Å². The van der Waals surface area contributed by atoms with E-state index in [1.54, 1.807) is 19.2 Å². The Morgan fingerprint density at radius 1 is 1.31 bits per heavy atom. The van der Waals surface area contributed by atoms with Crippen LogP contribution in [-0.2, 0) is 0 Å². The van der Waals surface area contributed by atoms with Gasteiger partial charge in [0.15, 0.2) is 0 Å². The summed E-state index contributed by atoms with van der Waals surface area (Å²) in [7, 11) is 4.84. The highest BCUT2D eigenvalue weighted by atomic mass is 35.5. The summed E-state index contributed by atoms with van der Waals surface area (Å²) in [6, 6.07) is 3.32. The summed E-state index contributed by atoms with van der Waals surface area (Å²) in [5, 5.41) is 13.2. The van der Waals surface area contributed by atoms with E-state index in [0.29, 0.717) is 28.6 Å². The van der Waals surface area contributed by atoms with Crippen LogP contribution in [0.5, 0.6) is 11.5 Å². The van der Waals surface area contributed by atoms with E-state index < -0.39 is 6.10 Å². The van der Waals surface area contributed by atoms with Gasteiger partial charge in [-0.05, 0) is 13.1 Å². The van der Waals surface area contributed by atoms with Crippen LogP contribution in [0.4, 0.5) is 0 Å². The smallest absolute Gasteiger partial charge is 0.141 e. The zero-order chi connectivity index (χ0) is 12.1. The quantitative estimate of drug-likeness (QED) is 0.828. The predicted octanol–water partition coefficient (Wildman–Crippen LogP) is 1.61.